The highest BCUT2D eigenvalue weighted by atomic mass is 16.5. The Morgan fingerprint density at radius 3 is 2.33 bits per heavy atom. The first-order chi connectivity index (χ1) is 18.7. The van der Waals surface area contributed by atoms with Gasteiger partial charge in [0.2, 0.25) is 0 Å². The van der Waals surface area contributed by atoms with Crippen LogP contribution in [0.1, 0.15) is 56.1 Å². The number of benzene rings is 2. The minimum atomic E-state index is -1.71. The Bertz CT molecular complexity index is 1200. The van der Waals surface area contributed by atoms with Crippen LogP contribution < -0.4 is 19.1 Å². The van der Waals surface area contributed by atoms with E-state index >= 15 is 0 Å². The van der Waals surface area contributed by atoms with Gasteiger partial charge in [0.05, 0.1) is 27.4 Å². The molecule has 10 nitrogen and oxygen atoms in total. The SMILES string of the molecule is COc1cc(C(C(=O)O)C(=O)O)ccc1CN1C(=O)N(c2ccc(OC)c(OCCCC3CC3)c2)CCC1C. The molecule has 1 atom stereocenters. The molecule has 2 N–H and O–H groups in total. The predicted octanol–water partition coefficient (Wildman–Crippen LogP) is 4.75. The van der Waals surface area contributed by atoms with E-state index in [4.69, 9.17) is 14.2 Å². The molecular formula is C29H36N2O8. The molecular weight excluding hydrogens is 504 g/mol. The van der Waals surface area contributed by atoms with Crippen LogP contribution in [-0.4, -0.2) is 66.5 Å². The summed E-state index contributed by atoms with van der Waals surface area (Å²) in [6.45, 7) is 3.32. The number of hydrogen-bond acceptors (Lipinski definition) is 6. The van der Waals surface area contributed by atoms with Crippen molar-refractivity contribution in [1.29, 1.82) is 0 Å². The van der Waals surface area contributed by atoms with E-state index in [0.717, 1.165) is 25.2 Å². The Morgan fingerprint density at radius 2 is 1.69 bits per heavy atom. The van der Waals surface area contributed by atoms with Crippen LogP contribution in [0.2, 0.25) is 0 Å². The zero-order valence-electron chi connectivity index (χ0n) is 22.6. The number of ether oxygens (including phenoxy) is 3. The predicted molar refractivity (Wildman–Crippen MR) is 144 cm³/mol. The van der Waals surface area contributed by atoms with Crippen molar-refractivity contribution in [2.45, 2.75) is 57.5 Å². The Kier molecular flexibility index (Phi) is 8.83. The Balaban J connectivity index is 1.52. The summed E-state index contributed by atoms with van der Waals surface area (Å²) in [4.78, 5) is 40.1. The molecule has 2 fully saturated rings. The zero-order valence-corrected chi connectivity index (χ0v) is 22.6. The molecule has 0 radical (unpaired) electrons. The van der Waals surface area contributed by atoms with E-state index < -0.39 is 17.9 Å². The van der Waals surface area contributed by atoms with Crippen molar-refractivity contribution in [3.05, 3.63) is 47.5 Å². The van der Waals surface area contributed by atoms with Crippen LogP contribution in [0.5, 0.6) is 17.2 Å². The molecule has 39 heavy (non-hydrogen) atoms. The largest absolute Gasteiger partial charge is 0.496 e. The van der Waals surface area contributed by atoms with Crippen LogP contribution in [0.4, 0.5) is 10.5 Å². The van der Waals surface area contributed by atoms with E-state index in [1.807, 2.05) is 25.1 Å². The number of carbonyl (C=O) groups excluding carboxylic acids is 1. The number of carboxylic acids is 2. The van der Waals surface area contributed by atoms with Gasteiger partial charge in [-0.3, -0.25) is 14.5 Å². The maximum Gasteiger partial charge on any atom is 0.325 e. The summed E-state index contributed by atoms with van der Waals surface area (Å²) < 4.78 is 17.0. The third-order valence-electron chi connectivity index (χ3n) is 7.43. The highest BCUT2D eigenvalue weighted by Crippen LogP contribution is 2.36. The van der Waals surface area contributed by atoms with Crippen molar-refractivity contribution in [3.8, 4) is 17.2 Å². The van der Waals surface area contributed by atoms with Crippen LogP contribution in [-0.2, 0) is 16.1 Å². The number of urea groups is 1. The quantitative estimate of drug-likeness (QED) is 0.276. The molecule has 2 amide bonds. The topological polar surface area (TPSA) is 126 Å². The van der Waals surface area contributed by atoms with Gasteiger partial charge in [0.25, 0.3) is 0 Å². The lowest BCUT2D eigenvalue weighted by Crippen LogP contribution is -2.53. The van der Waals surface area contributed by atoms with Gasteiger partial charge in [-0.05, 0) is 55.9 Å². The average Bonchev–Trinajstić information content (AvgIpc) is 3.73. The van der Waals surface area contributed by atoms with Gasteiger partial charge in [-0.25, -0.2) is 4.79 Å². The molecule has 210 valence electrons. The molecule has 1 unspecified atom stereocenters. The monoisotopic (exact) mass is 540 g/mol. The molecule has 1 aliphatic carbocycles. The lowest BCUT2D eigenvalue weighted by atomic mass is 9.97. The summed E-state index contributed by atoms with van der Waals surface area (Å²) >= 11 is 0. The molecule has 10 heteroatoms. The molecule has 0 aromatic heterocycles. The number of carboxylic acid groups (broad SMARTS) is 2. The van der Waals surface area contributed by atoms with Gasteiger partial charge in [-0.15, -0.1) is 0 Å². The molecule has 1 saturated carbocycles. The van der Waals surface area contributed by atoms with E-state index in [9.17, 15) is 24.6 Å². The Labute approximate surface area is 228 Å². The van der Waals surface area contributed by atoms with Crippen molar-refractivity contribution >= 4 is 23.7 Å². The molecule has 1 saturated heterocycles. The van der Waals surface area contributed by atoms with Gasteiger partial charge in [0.15, 0.2) is 17.4 Å². The third kappa shape index (κ3) is 6.55. The number of nitrogens with zero attached hydrogens (tertiary/aromatic N) is 2. The first-order valence-corrected chi connectivity index (χ1v) is 13.2. The number of methoxy groups -OCH3 is 2. The van der Waals surface area contributed by atoms with Gasteiger partial charge in [0, 0.05) is 29.9 Å². The fourth-order valence-corrected chi connectivity index (χ4v) is 4.93. The van der Waals surface area contributed by atoms with Crippen LogP contribution in [0.3, 0.4) is 0 Å². The van der Waals surface area contributed by atoms with Crippen molar-refractivity contribution in [3.63, 3.8) is 0 Å². The highest BCUT2D eigenvalue weighted by molar-refractivity contribution is 5.99. The lowest BCUT2D eigenvalue weighted by Gasteiger charge is -2.40. The van der Waals surface area contributed by atoms with E-state index in [-0.39, 0.29) is 24.2 Å². The van der Waals surface area contributed by atoms with Crippen LogP contribution in [0, 0.1) is 5.92 Å². The van der Waals surface area contributed by atoms with E-state index in [1.54, 1.807) is 23.0 Å². The molecule has 1 aliphatic heterocycles. The number of carbonyl (C=O) groups is 3. The van der Waals surface area contributed by atoms with Gasteiger partial charge in [0.1, 0.15) is 5.75 Å². The summed E-state index contributed by atoms with van der Waals surface area (Å²) in [7, 11) is 3.02. The molecule has 2 aromatic carbocycles. The lowest BCUT2D eigenvalue weighted by molar-refractivity contribution is -0.150. The van der Waals surface area contributed by atoms with E-state index in [2.05, 4.69) is 0 Å². The molecule has 1 heterocycles. The van der Waals surface area contributed by atoms with Crippen molar-refractivity contribution in [2.75, 3.05) is 32.3 Å². The van der Waals surface area contributed by atoms with Crippen molar-refractivity contribution in [2.24, 2.45) is 5.92 Å². The first kappa shape index (κ1) is 28.1. The normalized spacial score (nSPS) is 17.3. The van der Waals surface area contributed by atoms with Gasteiger partial charge >= 0.3 is 18.0 Å². The standard InChI is InChI=1S/C29H36N2O8/c1-18-12-13-30(22-10-11-23(37-2)25(16-22)39-14-4-5-19-6-7-19)29(36)31(18)17-21-9-8-20(15-24(21)38-3)26(27(32)33)28(34)35/h8-11,15-16,18-19,26H,4-7,12-14,17H2,1-3H3,(H,32,33)(H,34,35). The summed E-state index contributed by atoms with van der Waals surface area (Å²) in [6.07, 6.45) is 5.50. The number of hydrogen-bond donors (Lipinski definition) is 2. The number of aliphatic carboxylic acids is 2. The Hall–Kier alpha value is -3.95. The number of rotatable bonds is 13. The van der Waals surface area contributed by atoms with Crippen LogP contribution >= 0.6 is 0 Å². The Morgan fingerprint density at radius 1 is 0.974 bits per heavy atom. The van der Waals surface area contributed by atoms with E-state index in [1.165, 1.54) is 32.1 Å². The maximum atomic E-state index is 13.7. The summed E-state index contributed by atoms with van der Waals surface area (Å²) in [6, 6.07) is 9.74. The van der Waals surface area contributed by atoms with Gasteiger partial charge in [-0.1, -0.05) is 25.0 Å². The van der Waals surface area contributed by atoms with Crippen molar-refractivity contribution < 1.29 is 38.8 Å². The van der Waals surface area contributed by atoms with Crippen molar-refractivity contribution in [1.82, 2.24) is 4.90 Å². The van der Waals surface area contributed by atoms with Crippen LogP contribution in [0.15, 0.2) is 36.4 Å². The minimum absolute atomic E-state index is 0.0553. The van der Waals surface area contributed by atoms with Gasteiger partial charge in [-0.2, -0.15) is 0 Å². The summed E-state index contributed by atoms with van der Waals surface area (Å²) in [5.74, 6) is -2.25. The third-order valence-corrected chi connectivity index (χ3v) is 7.43. The van der Waals surface area contributed by atoms with Gasteiger partial charge < -0.3 is 29.3 Å². The highest BCUT2D eigenvalue weighted by Gasteiger charge is 2.34. The maximum absolute atomic E-state index is 13.7. The van der Waals surface area contributed by atoms with E-state index in [0.29, 0.717) is 41.7 Å². The second kappa shape index (κ2) is 12.3. The second-order valence-electron chi connectivity index (χ2n) is 10.1. The fraction of sp³-hybridized carbons (Fsp3) is 0.483. The number of anilines is 1. The zero-order chi connectivity index (χ0) is 28.1. The number of amides is 2. The summed E-state index contributed by atoms with van der Waals surface area (Å²) in [5.41, 5.74) is 1.45. The molecule has 4 rings (SSSR count). The fourth-order valence-electron chi connectivity index (χ4n) is 4.93. The minimum Gasteiger partial charge on any atom is -0.496 e. The molecule has 0 spiro atoms. The van der Waals surface area contributed by atoms with Crippen LogP contribution in [0.25, 0.3) is 0 Å². The second-order valence-corrected chi connectivity index (χ2v) is 10.1. The molecule has 0 bridgehead atoms. The first-order valence-electron chi connectivity index (χ1n) is 13.2. The molecule has 2 aromatic rings. The summed E-state index contributed by atoms with van der Waals surface area (Å²) in [5, 5.41) is 18.7. The smallest absolute Gasteiger partial charge is 0.325 e. The average molecular weight is 541 g/mol. The molecule has 2 aliphatic rings.